The Labute approximate surface area is 216 Å². The number of hydrogen-bond donors (Lipinski definition) is 0. The van der Waals surface area contributed by atoms with Crippen LogP contribution in [0.5, 0.6) is 0 Å². The number of ketones is 3. The van der Waals surface area contributed by atoms with Crippen molar-refractivity contribution in [3.05, 3.63) is 47.1 Å². The number of rotatable bonds is 6. The molecule has 0 aromatic heterocycles. The molecule has 0 radical (unpaired) electrons. The van der Waals surface area contributed by atoms with Gasteiger partial charge in [0, 0.05) is 29.7 Å². The molecule has 3 saturated carbocycles. The van der Waals surface area contributed by atoms with Gasteiger partial charge in [0.2, 0.25) is 0 Å². The van der Waals surface area contributed by atoms with Crippen molar-refractivity contribution >= 4 is 23.3 Å². The fraction of sp³-hybridized carbons (Fsp3) is 0.613. The van der Waals surface area contributed by atoms with Crippen LogP contribution < -0.4 is 0 Å². The van der Waals surface area contributed by atoms with Crippen molar-refractivity contribution < 1.29 is 23.9 Å². The lowest BCUT2D eigenvalue weighted by atomic mass is 9.43. The Morgan fingerprint density at radius 3 is 2.17 bits per heavy atom. The lowest BCUT2D eigenvalue weighted by Crippen LogP contribution is -2.58. The highest BCUT2D eigenvalue weighted by atomic mass is 16.5. The second-order valence-electron chi connectivity index (χ2n) is 12.2. The summed E-state index contributed by atoms with van der Waals surface area (Å²) in [5.41, 5.74) is 2.08. The van der Waals surface area contributed by atoms with Crippen LogP contribution in [0.2, 0.25) is 0 Å². The largest absolute Gasteiger partial charge is 0.462 e. The van der Waals surface area contributed by atoms with Gasteiger partial charge in [-0.05, 0) is 87.0 Å². The minimum atomic E-state index is -0.220. The number of ether oxygens (including phenoxy) is 1. The molecular weight excluding hydrogens is 452 g/mol. The molecule has 0 spiro atoms. The zero-order chi connectivity index (χ0) is 27.1. The van der Waals surface area contributed by atoms with Crippen LogP contribution in [-0.4, -0.2) is 29.4 Å². The molecule has 5 atom stereocenters. The molecule has 36 heavy (non-hydrogen) atoms. The summed E-state index contributed by atoms with van der Waals surface area (Å²) in [5, 5.41) is 0. The highest BCUT2D eigenvalue weighted by Gasteiger charge is 2.65. The standard InChI is InChI=1S/C31H42O5/c1-19(23(34)13-12-21(3)32)10-9-11-20(2)28-24(35)18-26-30(7)17-15-27(36-22(4)33)29(5,6)25(30)14-16-31(26,28)8/h9-13,25-27H,14-18H2,1-8H3/b11-9+,13-12+,19-10+,28-20-/t25-,26-,27-,30-,31-/m0/s1. The van der Waals surface area contributed by atoms with Gasteiger partial charge in [-0.1, -0.05) is 45.9 Å². The van der Waals surface area contributed by atoms with Crippen molar-refractivity contribution in [3.63, 3.8) is 0 Å². The van der Waals surface area contributed by atoms with Crippen molar-refractivity contribution in [1.82, 2.24) is 0 Å². The first kappa shape index (κ1) is 28.0. The van der Waals surface area contributed by atoms with Gasteiger partial charge in [0.1, 0.15) is 6.10 Å². The highest BCUT2D eigenvalue weighted by molar-refractivity contribution is 6.07. The van der Waals surface area contributed by atoms with E-state index in [0.717, 1.165) is 36.8 Å². The summed E-state index contributed by atoms with van der Waals surface area (Å²) in [7, 11) is 0. The van der Waals surface area contributed by atoms with Crippen LogP contribution in [0.15, 0.2) is 47.1 Å². The number of Topliss-reactive ketones (excluding diaryl/α,β-unsaturated/α-hetero) is 1. The molecular formula is C31H42O5. The van der Waals surface area contributed by atoms with E-state index in [4.69, 9.17) is 4.74 Å². The maximum Gasteiger partial charge on any atom is 0.302 e. The maximum absolute atomic E-state index is 13.5. The van der Waals surface area contributed by atoms with Gasteiger partial charge < -0.3 is 4.74 Å². The van der Waals surface area contributed by atoms with Gasteiger partial charge in [0.15, 0.2) is 17.3 Å². The summed E-state index contributed by atoms with van der Waals surface area (Å²) in [6.45, 7) is 15.7. The number of esters is 1. The van der Waals surface area contributed by atoms with Crippen molar-refractivity contribution in [3.8, 4) is 0 Å². The minimum absolute atomic E-state index is 0.000506. The van der Waals surface area contributed by atoms with Gasteiger partial charge in [-0.25, -0.2) is 0 Å². The normalized spacial score (nSPS) is 35.5. The topological polar surface area (TPSA) is 77.5 Å². The van der Waals surface area contributed by atoms with E-state index in [1.54, 1.807) is 13.0 Å². The summed E-state index contributed by atoms with van der Waals surface area (Å²) >= 11 is 0. The van der Waals surface area contributed by atoms with E-state index in [9.17, 15) is 19.2 Å². The van der Waals surface area contributed by atoms with E-state index in [0.29, 0.717) is 17.9 Å². The average molecular weight is 495 g/mol. The predicted molar refractivity (Wildman–Crippen MR) is 141 cm³/mol. The fourth-order valence-electron chi connectivity index (χ4n) is 7.80. The van der Waals surface area contributed by atoms with Gasteiger partial charge in [-0.3, -0.25) is 19.2 Å². The van der Waals surface area contributed by atoms with Crippen LogP contribution in [0.3, 0.4) is 0 Å². The van der Waals surface area contributed by atoms with Gasteiger partial charge in [0.25, 0.3) is 0 Å². The van der Waals surface area contributed by atoms with Crippen LogP contribution in [0.1, 0.15) is 87.5 Å². The first-order valence-electron chi connectivity index (χ1n) is 13.1. The minimum Gasteiger partial charge on any atom is -0.462 e. The van der Waals surface area contributed by atoms with Gasteiger partial charge in [0.05, 0.1) is 0 Å². The Morgan fingerprint density at radius 1 is 0.889 bits per heavy atom. The van der Waals surface area contributed by atoms with Gasteiger partial charge in [-0.15, -0.1) is 0 Å². The Kier molecular flexibility index (Phi) is 7.83. The molecule has 0 aromatic rings. The summed E-state index contributed by atoms with van der Waals surface area (Å²) in [4.78, 5) is 48.4. The summed E-state index contributed by atoms with van der Waals surface area (Å²) in [5.74, 6) is 0.268. The van der Waals surface area contributed by atoms with E-state index in [-0.39, 0.29) is 51.6 Å². The summed E-state index contributed by atoms with van der Waals surface area (Å²) in [6.07, 6.45) is 12.2. The van der Waals surface area contributed by atoms with Crippen LogP contribution in [0, 0.1) is 28.1 Å². The molecule has 0 N–H and O–H groups in total. The summed E-state index contributed by atoms with van der Waals surface area (Å²) in [6, 6.07) is 0. The monoisotopic (exact) mass is 494 g/mol. The molecule has 0 amide bonds. The third-order valence-electron chi connectivity index (χ3n) is 9.48. The second-order valence-corrected chi connectivity index (χ2v) is 12.2. The lowest BCUT2D eigenvalue weighted by Gasteiger charge is -2.62. The number of carbonyl (C=O) groups is 4. The van der Waals surface area contributed by atoms with Gasteiger partial charge >= 0.3 is 5.97 Å². The number of carbonyl (C=O) groups excluding carboxylic acids is 4. The molecule has 0 bridgehead atoms. The van der Waals surface area contributed by atoms with E-state index < -0.39 is 0 Å². The van der Waals surface area contributed by atoms with Crippen molar-refractivity contribution in [2.45, 2.75) is 93.6 Å². The van der Waals surface area contributed by atoms with E-state index in [1.165, 1.54) is 26.0 Å². The molecule has 3 fully saturated rings. The Balaban J connectivity index is 1.89. The molecule has 0 saturated heterocycles. The molecule has 0 heterocycles. The molecule has 0 unspecified atom stereocenters. The van der Waals surface area contributed by atoms with Crippen molar-refractivity contribution in [2.75, 3.05) is 0 Å². The number of fused-ring (bicyclic) bond motifs is 3. The number of allylic oxidation sites excluding steroid dienone is 8. The molecule has 0 aliphatic heterocycles. The zero-order valence-electron chi connectivity index (χ0n) is 23.2. The second kappa shape index (κ2) is 10.1. The van der Waals surface area contributed by atoms with Crippen LogP contribution in [0.4, 0.5) is 0 Å². The van der Waals surface area contributed by atoms with Crippen LogP contribution in [0.25, 0.3) is 0 Å². The fourth-order valence-corrected chi connectivity index (χ4v) is 7.80. The van der Waals surface area contributed by atoms with Crippen molar-refractivity contribution in [1.29, 1.82) is 0 Å². The first-order valence-corrected chi connectivity index (χ1v) is 13.1. The SMILES string of the molecule is CC(=O)/C=C/C(=O)/C(C)=C/C=C/C(C)=C1/C(=O)C[C@H]2[C@@]3(C)CC[C@H](OC(C)=O)C(C)(C)[C@@H]3CC[C@]12C. The van der Waals surface area contributed by atoms with E-state index in [1.807, 2.05) is 19.1 Å². The van der Waals surface area contributed by atoms with Crippen LogP contribution >= 0.6 is 0 Å². The lowest BCUT2D eigenvalue weighted by molar-refractivity contribution is -0.185. The molecule has 0 aromatic carbocycles. The van der Waals surface area contributed by atoms with Gasteiger partial charge in [-0.2, -0.15) is 0 Å². The third kappa shape index (κ3) is 4.99. The van der Waals surface area contributed by atoms with E-state index >= 15 is 0 Å². The zero-order valence-corrected chi connectivity index (χ0v) is 23.2. The van der Waals surface area contributed by atoms with E-state index in [2.05, 4.69) is 27.7 Å². The first-order chi connectivity index (χ1) is 16.6. The predicted octanol–water partition coefficient (Wildman–Crippen LogP) is 6.28. The van der Waals surface area contributed by atoms with Crippen LogP contribution in [-0.2, 0) is 23.9 Å². The highest BCUT2D eigenvalue weighted by Crippen LogP contribution is 2.69. The number of hydrogen-bond acceptors (Lipinski definition) is 5. The Hall–Kier alpha value is -2.56. The quantitative estimate of drug-likeness (QED) is 0.247. The average Bonchev–Trinajstić information content (AvgIpc) is 3.05. The Morgan fingerprint density at radius 2 is 1.56 bits per heavy atom. The molecule has 3 rings (SSSR count). The smallest absolute Gasteiger partial charge is 0.302 e. The summed E-state index contributed by atoms with van der Waals surface area (Å²) < 4.78 is 5.75. The van der Waals surface area contributed by atoms with Crippen molar-refractivity contribution in [2.24, 2.45) is 28.1 Å². The molecule has 3 aliphatic carbocycles. The molecule has 3 aliphatic rings. The Bertz CT molecular complexity index is 1080. The molecule has 5 heteroatoms. The maximum atomic E-state index is 13.5. The molecule has 5 nitrogen and oxygen atoms in total. The third-order valence-corrected chi connectivity index (χ3v) is 9.48. The molecule has 196 valence electrons.